The van der Waals surface area contributed by atoms with Gasteiger partial charge >= 0.3 is 5.97 Å². The number of aliphatic hydroxyl groups is 1. The van der Waals surface area contributed by atoms with Crippen LogP contribution in [0, 0.1) is 17.3 Å². The second-order valence-corrected chi connectivity index (χ2v) is 8.01. The van der Waals surface area contributed by atoms with Crippen molar-refractivity contribution in [1.82, 2.24) is 0 Å². The van der Waals surface area contributed by atoms with Gasteiger partial charge in [0.1, 0.15) is 11.9 Å². The van der Waals surface area contributed by atoms with Crippen LogP contribution in [0.15, 0.2) is 42.0 Å². The van der Waals surface area contributed by atoms with Gasteiger partial charge in [-0.2, -0.15) is 0 Å². The third-order valence-corrected chi connectivity index (χ3v) is 6.64. The number of fused-ring (bicyclic) bond motifs is 1. The minimum Gasteiger partial charge on any atom is -0.458 e. The number of hydrogen-bond acceptors (Lipinski definition) is 4. The fourth-order valence-electron chi connectivity index (χ4n) is 5.35. The van der Waals surface area contributed by atoms with E-state index in [1.54, 1.807) is 12.1 Å². The van der Waals surface area contributed by atoms with E-state index < -0.39 is 0 Å². The molecule has 0 heterocycles. The second-order valence-electron chi connectivity index (χ2n) is 8.01. The number of ketones is 1. The number of aliphatic hydroxyl groups excluding tert-OH is 1. The zero-order valence-corrected chi connectivity index (χ0v) is 15.0. The maximum absolute atomic E-state index is 13.3. The number of hydrogen-bond donors (Lipinski definition) is 1. The van der Waals surface area contributed by atoms with Gasteiger partial charge in [-0.3, -0.25) is 4.79 Å². The maximum atomic E-state index is 13.3. The zero-order valence-electron chi connectivity index (χ0n) is 15.0. The number of carbonyl (C=O) groups is 2. The predicted octanol–water partition coefficient (Wildman–Crippen LogP) is 3.69. The van der Waals surface area contributed by atoms with E-state index in [0.29, 0.717) is 17.8 Å². The first-order valence-electron chi connectivity index (χ1n) is 9.75. The molecule has 2 bridgehead atoms. The summed E-state index contributed by atoms with van der Waals surface area (Å²) in [7, 11) is 0. The summed E-state index contributed by atoms with van der Waals surface area (Å²) in [6.07, 6.45) is 7.82. The van der Waals surface area contributed by atoms with Crippen molar-refractivity contribution in [3.05, 3.63) is 47.5 Å². The molecule has 0 saturated heterocycles. The molecule has 4 atom stereocenters. The highest BCUT2D eigenvalue weighted by Gasteiger charge is 2.56. The largest absolute Gasteiger partial charge is 0.458 e. The Morgan fingerprint density at radius 3 is 2.73 bits per heavy atom. The Morgan fingerprint density at radius 2 is 1.96 bits per heavy atom. The van der Waals surface area contributed by atoms with Crippen LogP contribution in [0.4, 0.5) is 0 Å². The van der Waals surface area contributed by atoms with Crippen molar-refractivity contribution in [2.24, 2.45) is 17.3 Å². The fraction of sp³-hybridized carbons (Fsp3) is 0.545. The fourth-order valence-corrected chi connectivity index (χ4v) is 5.35. The number of allylic oxidation sites excluding steroid dienone is 1. The molecular weight excluding hydrogens is 328 g/mol. The van der Waals surface area contributed by atoms with Crippen LogP contribution in [-0.2, 0) is 9.53 Å². The van der Waals surface area contributed by atoms with Gasteiger partial charge in [-0.25, -0.2) is 4.79 Å². The van der Waals surface area contributed by atoms with E-state index in [9.17, 15) is 14.7 Å². The molecule has 2 fully saturated rings. The van der Waals surface area contributed by atoms with Crippen molar-refractivity contribution >= 4 is 11.8 Å². The van der Waals surface area contributed by atoms with Crippen molar-refractivity contribution in [2.45, 2.75) is 51.0 Å². The van der Waals surface area contributed by atoms with E-state index in [4.69, 9.17) is 4.74 Å². The average Bonchev–Trinajstić information content (AvgIpc) is 2.87. The van der Waals surface area contributed by atoms with Crippen LogP contribution in [0.25, 0.3) is 0 Å². The van der Waals surface area contributed by atoms with Gasteiger partial charge in [-0.05, 0) is 49.8 Å². The van der Waals surface area contributed by atoms with Gasteiger partial charge < -0.3 is 9.84 Å². The van der Waals surface area contributed by atoms with Crippen molar-refractivity contribution in [2.75, 3.05) is 6.61 Å². The lowest BCUT2D eigenvalue weighted by atomic mass is 9.68. The molecule has 0 radical (unpaired) electrons. The van der Waals surface area contributed by atoms with E-state index in [-0.39, 0.29) is 35.9 Å². The number of carbonyl (C=O) groups excluding carboxylic acids is 2. The Balaban J connectivity index is 1.63. The zero-order chi connectivity index (χ0) is 18.1. The lowest BCUT2D eigenvalue weighted by Gasteiger charge is -2.35. The first kappa shape index (κ1) is 17.5. The normalized spacial score (nSPS) is 33.7. The van der Waals surface area contributed by atoms with E-state index in [0.717, 1.165) is 44.1 Å². The SMILES string of the molecule is O=C(O[C@H]1CCC23CCCC[C@H](C=C(CO)C[C@H]12)C3=O)c1ccccc1. The standard InChI is InChI=1S/C22H26O4/c23-14-15-12-17-8-4-5-10-22(20(17)24)11-9-19(18(22)13-15)26-21(25)16-6-2-1-3-7-16/h1-3,6-7,12,17-19,23H,4-5,8-11,13-14H2/t17-,18-,19+,22?/m1/s1. The Kier molecular flexibility index (Phi) is 4.70. The van der Waals surface area contributed by atoms with Gasteiger partial charge in [0, 0.05) is 17.3 Å². The molecule has 1 aromatic carbocycles. The van der Waals surface area contributed by atoms with Crippen LogP contribution in [0.1, 0.15) is 55.3 Å². The molecule has 138 valence electrons. The predicted molar refractivity (Wildman–Crippen MR) is 97.6 cm³/mol. The molecule has 0 amide bonds. The molecule has 1 spiro atoms. The molecule has 4 nitrogen and oxygen atoms in total. The quantitative estimate of drug-likeness (QED) is 0.664. The monoisotopic (exact) mass is 354 g/mol. The van der Waals surface area contributed by atoms with Crippen molar-refractivity contribution in [1.29, 1.82) is 0 Å². The molecule has 4 rings (SSSR count). The molecule has 4 heteroatoms. The summed E-state index contributed by atoms with van der Waals surface area (Å²) in [4.78, 5) is 25.9. The van der Waals surface area contributed by atoms with Crippen molar-refractivity contribution < 1.29 is 19.4 Å². The minimum absolute atomic E-state index is 0.0100. The number of benzene rings is 1. The Morgan fingerprint density at radius 1 is 1.15 bits per heavy atom. The summed E-state index contributed by atoms with van der Waals surface area (Å²) >= 11 is 0. The van der Waals surface area contributed by atoms with Crippen LogP contribution in [0.5, 0.6) is 0 Å². The molecule has 0 aliphatic heterocycles. The molecule has 26 heavy (non-hydrogen) atoms. The topological polar surface area (TPSA) is 63.6 Å². The average molecular weight is 354 g/mol. The number of ether oxygens (including phenoxy) is 1. The molecular formula is C22H26O4. The highest BCUT2D eigenvalue weighted by atomic mass is 16.5. The van der Waals surface area contributed by atoms with Crippen LogP contribution in [-0.4, -0.2) is 29.6 Å². The number of esters is 1. The Bertz CT molecular complexity index is 723. The lowest BCUT2D eigenvalue weighted by molar-refractivity contribution is -0.134. The van der Waals surface area contributed by atoms with E-state index in [1.165, 1.54) is 0 Å². The highest BCUT2D eigenvalue weighted by molar-refractivity contribution is 5.91. The smallest absolute Gasteiger partial charge is 0.338 e. The number of Topliss-reactive ketones (excluding diaryl/α,β-unsaturated/α-hetero) is 1. The van der Waals surface area contributed by atoms with Crippen LogP contribution in [0.3, 0.4) is 0 Å². The summed E-state index contributed by atoms with van der Waals surface area (Å²) in [6, 6.07) is 9.03. The minimum atomic E-state index is -0.379. The van der Waals surface area contributed by atoms with E-state index in [2.05, 4.69) is 0 Å². The van der Waals surface area contributed by atoms with Gasteiger partial charge in [0.2, 0.25) is 0 Å². The van der Waals surface area contributed by atoms with Gasteiger partial charge in [-0.1, -0.05) is 37.1 Å². The summed E-state index contributed by atoms with van der Waals surface area (Å²) in [5, 5.41) is 9.77. The molecule has 3 aliphatic rings. The molecule has 1 unspecified atom stereocenters. The van der Waals surface area contributed by atoms with Gasteiger partial charge in [-0.15, -0.1) is 0 Å². The molecule has 3 aliphatic carbocycles. The summed E-state index contributed by atoms with van der Waals surface area (Å²) in [5.74, 6) is -0.0804. The molecule has 0 aromatic heterocycles. The molecule has 1 aromatic rings. The second kappa shape index (κ2) is 6.99. The summed E-state index contributed by atoms with van der Waals surface area (Å²) in [6.45, 7) is -0.0181. The Labute approximate surface area is 154 Å². The van der Waals surface area contributed by atoms with Crippen molar-refractivity contribution in [3.63, 3.8) is 0 Å². The molecule has 1 N–H and O–H groups in total. The summed E-state index contributed by atoms with van der Waals surface area (Å²) in [5.41, 5.74) is 1.10. The van der Waals surface area contributed by atoms with Crippen LogP contribution in [0.2, 0.25) is 0 Å². The van der Waals surface area contributed by atoms with E-state index >= 15 is 0 Å². The third-order valence-electron chi connectivity index (χ3n) is 6.64. The maximum Gasteiger partial charge on any atom is 0.338 e. The van der Waals surface area contributed by atoms with Gasteiger partial charge in [0.05, 0.1) is 12.2 Å². The van der Waals surface area contributed by atoms with Crippen LogP contribution >= 0.6 is 0 Å². The Hall–Kier alpha value is -1.94. The highest BCUT2D eigenvalue weighted by Crippen LogP contribution is 2.56. The number of rotatable bonds is 3. The third kappa shape index (κ3) is 2.90. The summed E-state index contributed by atoms with van der Waals surface area (Å²) < 4.78 is 5.89. The first-order valence-corrected chi connectivity index (χ1v) is 9.75. The molecule has 2 saturated carbocycles. The van der Waals surface area contributed by atoms with Gasteiger partial charge in [0.15, 0.2) is 0 Å². The lowest BCUT2D eigenvalue weighted by Crippen LogP contribution is -2.40. The van der Waals surface area contributed by atoms with E-state index in [1.807, 2.05) is 24.3 Å². The van der Waals surface area contributed by atoms with Gasteiger partial charge in [0.25, 0.3) is 0 Å². The van der Waals surface area contributed by atoms with Crippen LogP contribution < -0.4 is 0 Å². The van der Waals surface area contributed by atoms with Crippen molar-refractivity contribution in [3.8, 4) is 0 Å². The first-order chi connectivity index (χ1) is 12.6.